The van der Waals surface area contributed by atoms with Crippen molar-refractivity contribution in [2.24, 2.45) is 0 Å². The largest absolute Gasteiger partial charge is 0.478 e. The number of nitrogens with zero attached hydrogens (tertiary/aromatic N) is 2. The first-order valence-corrected chi connectivity index (χ1v) is 8.33. The lowest BCUT2D eigenvalue weighted by molar-refractivity contribution is 0.0240. The van der Waals surface area contributed by atoms with Crippen LogP contribution in [0.2, 0.25) is 0 Å². The van der Waals surface area contributed by atoms with E-state index >= 15 is 0 Å². The van der Waals surface area contributed by atoms with Crippen LogP contribution in [0.5, 0.6) is 0 Å². The lowest BCUT2D eigenvalue weighted by Crippen LogP contribution is -2.50. The number of benzene rings is 1. The van der Waals surface area contributed by atoms with Crippen molar-refractivity contribution in [2.75, 3.05) is 31.1 Å². The Hall–Kier alpha value is -1.89. The van der Waals surface area contributed by atoms with Crippen LogP contribution in [0.3, 0.4) is 0 Å². The number of carboxylic acids is 1. The lowest BCUT2D eigenvalue weighted by atomic mass is 10.1. The standard InChI is InChI=1S/C17H24N2O4S/c1-11-13(15(20)21)9-12(24)10-14(11)18-5-7-19(8-6-18)16(22)23-17(2,3)4/h9-10,24H,5-8H2,1-4H3,(H,20,21). The van der Waals surface area contributed by atoms with E-state index in [2.05, 4.69) is 17.5 Å². The summed E-state index contributed by atoms with van der Waals surface area (Å²) in [6, 6.07) is 3.43. The van der Waals surface area contributed by atoms with Gasteiger partial charge in [-0.2, -0.15) is 0 Å². The number of carbonyl (C=O) groups excluding carboxylic acids is 1. The first kappa shape index (κ1) is 18.4. The molecule has 0 saturated carbocycles. The SMILES string of the molecule is Cc1c(C(=O)O)cc(S)cc1N1CCN(C(=O)OC(C)(C)C)CC1. The van der Waals surface area contributed by atoms with Crippen LogP contribution in [-0.2, 0) is 4.74 Å². The van der Waals surface area contributed by atoms with Gasteiger partial charge in [-0.3, -0.25) is 0 Å². The quantitative estimate of drug-likeness (QED) is 0.801. The van der Waals surface area contributed by atoms with Crippen molar-refractivity contribution in [3.63, 3.8) is 0 Å². The van der Waals surface area contributed by atoms with E-state index in [0.717, 1.165) is 5.69 Å². The summed E-state index contributed by atoms with van der Waals surface area (Å²) in [5, 5.41) is 9.31. The van der Waals surface area contributed by atoms with Crippen LogP contribution in [0.25, 0.3) is 0 Å². The number of carbonyl (C=O) groups is 2. The molecule has 1 amide bonds. The topological polar surface area (TPSA) is 70.1 Å². The molecule has 1 aliphatic heterocycles. The number of piperazine rings is 1. The first-order chi connectivity index (χ1) is 11.1. The number of hydrogen-bond acceptors (Lipinski definition) is 5. The highest BCUT2D eigenvalue weighted by Crippen LogP contribution is 2.28. The predicted molar refractivity (Wildman–Crippen MR) is 95.4 cm³/mol. The summed E-state index contributed by atoms with van der Waals surface area (Å²) in [6.07, 6.45) is -0.312. The second-order valence-electron chi connectivity index (χ2n) is 6.90. The molecule has 1 aliphatic rings. The van der Waals surface area contributed by atoms with Crippen LogP contribution in [-0.4, -0.2) is 53.8 Å². The number of rotatable bonds is 2. The molecule has 132 valence electrons. The van der Waals surface area contributed by atoms with E-state index in [9.17, 15) is 14.7 Å². The van der Waals surface area contributed by atoms with Crippen molar-refractivity contribution in [1.29, 1.82) is 0 Å². The molecule has 2 rings (SSSR count). The summed E-state index contributed by atoms with van der Waals surface area (Å²) >= 11 is 4.31. The second-order valence-corrected chi connectivity index (χ2v) is 7.41. The molecule has 0 radical (unpaired) electrons. The van der Waals surface area contributed by atoms with E-state index in [1.54, 1.807) is 17.9 Å². The molecule has 1 aromatic carbocycles. The van der Waals surface area contributed by atoms with Gasteiger partial charge in [0.1, 0.15) is 5.60 Å². The minimum atomic E-state index is -0.961. The fraction of sp³-hybridized carbons (Fsp3) is 0.529. The monoisotopic (exact) mass is 352 g/mol. The van der Waals surface area contributed by atoms with Gasteiger partial charge in [0.15, 0.2) is 0 Å². The summed E-state index contributed by atoms with van der Waals surface area (Å²) in [5.74, 6) is -0.961. The third kappa shape index (κ3) is 4.35. The van der Waals surface area contributed by atoms with Gasteiger partial charge in [-0.15, -0.1) is 12.6 Å². The van der Waals surface area contributed by atoms with Crippen molar-refractivity contribution in [2.45, 2.75) is 38.2 Å². The number of carboxylic acid groups (broad SMARTS) is 1. The van der Waals surface area contributed by atoms with E-state index < -0.39 is 11.6 Å². The molecule has 0 aromatic heterocycles. The Morgan fingerprint density at radius 2 is 1.75 bits per heavy atom. The maximum atomic E-state index is 12.1. The third-order valence-electron chi connectivity index (χ3n) is 3.87. The molecule has 0 aliphatic carbocycles. The zero-order valence-electron chi connectivity index (χ0n) is 14.5. The van der Waals surface area contributed by atoms with Crippen molar-refractivity contribution in [3.8, 4) is 0 Å². The number of amides is 1. The van der Waals surface area contributed by atoms with Crippen molar-refractivity contribution < 1.29 is 19.4 Å². The van der Waals surface area contributed by atoms with E-state index in [0.29, 0.717) is 36.6 Å². The maximum absolute atomic E-state index is 12.1. The van der Waals surface area contributed by atoms with E-state index in [-0.39, 0.29) is 11.7 Å². The van der Waals surface area contributed by atoms with E-state index in [4.69, 9.17) is 4.74 Å². The van der Waals surface area contributed by atoms with Crippen LogP contribution >= 0.6 is 12.6 Å². The van der Waals surface area contributed by atoms with Gasteiger partial charge in [0.25, 0.3) is 0 Å². The Kier molecular flexibility index (Phi) is 5.32. The van der Waals surface area contributed by atoms with Crippen molar-refractivity contribution in [1.82, 2.24) is 4.90 Å². The molecular weight excluding hydrogens is 328 g/mol. The van der Waals surface area contributed by atoms with Crippen molar-refractivity contribution in [3.05, 3.63) is 23.3 Å². The average molecular weight is 352 g/mol. The number of aromatic carboxylic acids is 1. The van der Waals surface area contributed by atoms with Gasteiger partial charge in [0.05, 0.1) is 5.56 Å². The van der Waals surface area contributed by atoms with Gasteiger partial charge < -0.3 is 19.6 Å². The molecule has 0 spiro atoms. The molecule has 6 nitrogen and oxygen atoms in total. The Bertz CT molecular complexity index is 647. The summed E-state index contributed by atoms with van der Waals surface area (Å²) in [6.45, 7) is 9.64. The molecule has 24 heavy (non-hydrogen) atoms. The highest BCUT2D eigenvalue weighted by Gasteiger charge is 2.27. The zero-order valence-corrected chi connectivity index (χ0v) is 15.4. The van der Waals surface area contributed by atoms with E-state index in [1.807, 2.05) is 26.8 Å². The van der Waals surface area contributed by atoms with Gasteiger partial charge >= 0.3 is 12.1 Å². The maximum Gasteiger partial charge on any atom is 0.410 e. The molecule has 1 N–H and O–H groups in total. The molecule has 1 fully saturated rings. The Morgan fingerprint density at radius 1 is 1.17 bits per heavy atom. The molecule has 1 saturated heterocycles. The number of hydrogen-bond donors (Lipinski definition) is 2. The smallest absolute Gasteiger partial charge is 0.410 e. The minimum absolute atomic E-state index is 0.257. The average Bonchev–Trinajstić information content (AvgIpc) is 2.47. The van der Waals surface area contributed by atoms with Crippen LogP contribution in [0, 0.1) is 6.92 Å². The summed E-state index contributed by atoms with van der Waals surface area (Å²) < 4.78 is 5.39. The lowest BCUT2D eigenvalue weighted by Gasteiger charge is -2.37. The molecule has 7 heteroatoms. The second kappa shape index (κ2) is 6.93. The molecular formula is C17H24N2O4S. The number of ether oxygens (including phenoxy) is 1. The van der Waals surface area contributed by atoms with Crippen LogP contribution < -0.4 is 4.90 Å². The third-order valence-corrected chi connectivity index (χ3v) is 4.13. The van der Waals surface area contributed by atoms with Gasteiger partial charge in [0.2, 0.25) is 0 Å². The summed E-state index contributed by atoms with van der Waals surface area (Å²) in [7, 11) is 0. The highest BCUT2D eigenvalue weighted by atomic mass is 32.1. The fourth-order valence-electron chi connectivity index (χ4n) is 2.69. The van der Waals surface area contributed by atoms with Gasteiger partial charge in [-0.05, 0) is 45.4 Å². The van der Waals surface area contributed by atoms with Crippen LogP contribution in [0.1, 0.15) is 36.7 Å². The molecule has 0 bridgehead atoms. The number of thiol groups is 1. The Labute approximate surface area is 147 Å². The Morgan fingerprint density at radius 3 is 2.25 bits per heavy atom. The van der Waals surface area contributed by atoms with Crippen molar-refractivity contribution >= 4 is 30.4 Å². The van der Waals surface area contributed by atoms with Crippen LogP contribution in [0.4, 0.5) is 10.5 Å². The summed E-state index contributed by atoms with van der Waals surface area (Å²) in [5.41, 5.74) is 1.31. The fourth-order valence-corrected chi connectivity index (χ4v) is 2.94. The van der Waals surface area contributed by atoms with Gasteiger partial charge in [0, 0.05) is 36.8 Å². The minimum Gasteiger partial charge on any atom is -0.478 e. The molecule has 1 aromatic rings. The van der Waals surface area contributed by atoms with Gasteiger partial charge in [-0.25, -0.2) is 9.59 Å². The molecule has 0 unspecified atom stereocenters. The van der Waals surface area contributed by atoms with Gasteiger partial charge in [-0.1, -0.05) is 0 Å². The predicted octanol–water partition coefficient (Wildman–Crippen LogP) is 3.04. The van der Waals surface area contributed by atoms with E-state index in [1.165, 1.54) is 0 Å². The van der Waals surface area contributed by atoms with Crippen LogP contribution in [0.15, 0.2) is 17.0 Å². The first-order valence-electron chi connectivity index (χ1n) is 7.88. The highest BCUT2D eigenvalue weighted by molar-refractivity contribution is 7.80. The molecule has 0 atom stereocenters. The Balaban J connectivity index is 2.10. The summed E-state index contributed by atoms with van der Waals surface area (Å²) in [4.78, 5) is 27.9. The number of anilines is 1. The zero-order chi connectivity index (χ0) is 18.1. The molecule has 1 heterocycles. The normalized spacial score (nSPS) is 15.4.